The molecule has 118 valence electrons. The number of anilines is 1. The average molecular weight is 310 g/mol. The number of nitro groups is 1. The van der Waals surface area contributed by atoms with Gasteiger partial charge in [-0.05, 0) is 18.9 Å². The van der Waals surface area contributed by atoms with Gasteiger partial charge in [-0.1, -0.05) is 0 Å². The summed E-state index contributed by atoms with van der Waals surface area (Å²) >= 11 is 0. The zero-order chi connectivity index (χ0) is 15.9. The van der Waals surface area contributed by atoms with E-state index in [1.165, 1.54) is 0 Å². The Morgan fingerprint density at radius 3 is 2.68 bits per heavy atom. The zero-order valence-electron chi connectivity index (χ0n) is 11.7. The maximum absolute atomic E-state index is 13.7. The summed E-state index contributed by atoms with van der Waals surface area (Å²) in [4.78, 5) is 22.6. The van der Waals surface area contributed by atoms with Gasteiger partial charge in [0.15, 0.2) is 17.3 Å². The van der Waals surface area contributed by atoms with Crippen molar-refractivity contribution in [2.24, 2.45) is 5.92 Å². The summed E-state index contributed by atoms with van der Waals surface area (Å²) in [7, 11) is 0. The van der Waals surface area contributed by atoms with Crippen LogP contribution >= 0.6 is 0 Å². The van der Waals surface area contributed by atoms with Gasteiger partial charge in [-0.2, -0.15) is 0 Å². The van der Waals surface area contributed by atoms with Crippen molar-refractivity contribution in [3.05, 3.63) is 27.6 Å². The van der Waals surface area contributed by atoms with Crippen molar-refractivity contribution in [3.8, 4) is 5.75 Å². The minimum Gasteiger partial charge on any atom is -0.482 e. The lowest BCUT2D eigenvalue weighted by Crippen LogP contribution is -2.37. The lowest BCUT2D eigenvalue weighted by Gasteiger charge is -2.33. The van der Waals surface area contributed by atoms with Crippen molar-refractivity contribution in [3.63, 3.8) is 0 Å². The molecule has 7 nitrogen and oxygen atoms in total. The van der Waals surface area contributed by atoms with Crippen LogP contribution in [-0.4, -0.2) is 30.0 Å². The third kappa shape index (κ3) is 2.39. The van der Waals surface area contributed by atoms with E-state index in [4.69, 9.17) is 15.2 Å². The summed E-state index contributed by atoms with van der Waals surface area (Å²) in [5, 5.41) is 11.2. The van der Waals surface area contributed by atoms with Gasteiger partial charge in [0.25, 0.3) is 0 Å². The molecule has 1 fully saturated rings. The molecule has 1 aromatic rings. The number of nitro benzene ring substituents is 1. The van der Waals surface area contributed by atoms with Crippen molar-refractivity contribution < 1.29 is 23.6 Å². The number of Topliss-reactive ketones (excluding diaryl/α,β-unsaturated/α-hetero) is 1. The van der Waals surface area contributed by atoms with Crippen LogP contribution in [-0.2, 0) is 4.74 Å². The molecule has 2 aliphatic rings. The predicted molar refractivity (Wildman–Crippen MR) is 74.4 cm³/mol. The molecule has 0 aromatic heterocycles. The van der Waals surface area contributed by atoms with Crippen molar-refractivity contribution in [1.29, 1.82) is 0 Å². The Morgan fingerprint density at radius 2 is 2.05 bits per heavy atom. The molecule has 8 heteroatoms. The van der Waals surface area contributed by atoms with Crippen LogP contribution in [0, 0.1) is 21.8 Å². The fourth-order valence-corrected chi connectivity index (χ4v) is 2.98. The van der Waals surface area contributed by atoms with Gasteiger partial charge in [0, 0.05) is 25.6 Å². The zero-order valence-corrected chi connectivity index (χ0v) is 11.7. The molecular weight excluding hydrogens is 295 g/mol. The third-order valence-electron chi connectivity index (χ3n) is 4.17. The number of nitrogens with zero attached hydrogens (tertiary/aromatic N) is 1. The van der Waals surface area contributed by atoms with Gasteiger partial charge >= 0.3 is 5.69 Å². The molecule has 2 N–H and O–H groups in total. The number of nitrogen functional groups attached to an aromatic ring is 1. The van der Waals surface area contributed by atoms with E-state index < -0.39 is 28.2 Å². The molecule has 22 heavy (non-hydrogen) atoms. The average Bonchev–Trinajstić information content (AvgIpc) is 2.49. The molecule has 0 saturated carbocycles. The molecule has 0 aliphatic carbocycles. The Kier molecular flexibility index (Phi) is 3.69. The highest BCUT2D eigenvalue weighted by Gasteiger charge is 2.39. The second-order valence-electron chi connectivity index (χ2n) is 5.49. The highest BCUT2D eigenvalue weighted by Crippen LogP contribution is 2.43. The Bertz CT molecular complexity index is 643. The van der Waals surface area contributed by atoms with Gasteiger partial charge in [-0.25, -0.2) is 4.39 Å². The van der Waals surface area contributed by atoms with Crippen LogP contribution in [0.1, 0.15) is 29.6 Å². The second kappa shape index (κ2) is 5.53. The van der Waals surface area contributed by atoms with Crippen molar-refractivity contribution >= 4 is 17.2 Å². The Balaban J connectivity index is 2.02. The maximum Gasteiger partial charge on any atom is 0.337 e. The van der Waals surface area contributed by atoms with Crippen molar-refractivity contribution in [2.75, 3.05) is 18.9 Å². The minimum absolute atomic E-state index is 0.0803. The van der Waals surface area contributed by atoms with Crippen LogP contribution < -0.4 is 10.5 Å². The fraction of sp³-hybridized carbons (Fsp3) is 0.500. The van der Waals surface area contributed by atoms with Gasteiger partial charge < -0.3 is 15.2 Å². The Labute approximate surface area is 125 Å². The number of ether oxygens (including phenoxy) is 2. The quantitative estimate of drug-likeness (QED) is 0.509. The normalized spacial score (nSPS) is 22.0. The number of halogens is 1. The standard InChI is InChI=1S/C14H15FN2O5/c15-9-5-8-10(18)6-11(7-1-3-21-4-2-7)22-14(8)13(12(9)16)17(19)20/h5,7,11H,1-4,6,16H2. The van der Waals surface area contributed by atoms with Gasteiger partial charge in [-0.3, -0.25) is 14.9 Å². The lowest BCUT2D eigenvalue weighted by atomic mass is 9.87. The number of ketones is 1. The van der Waals surface area contributed by atoms with E-state index in [9.17, 15) is 19.3 Å². The summed E-state index contributed by atoms with van der Waals surface area (Å²) in [5.41, 5.74) is 4.07. The molecular formula is C14H15FN2O5. The Morgan fingerprint density at radius 1 is 1.36 bits per heavy atom. The maximum atomic E-state index is 13.7. The number of carbonyl (C=O) groups excluding carboxylic acids is 1. The highest BCUT2D eigenvalue weighted by atomic mass is 19.1. The van der Waals surface area contributed by atoms with Crippen LogP contribution in [0.2, 0.25) is 0 Å². The molecule has 1 atom stereocenters. The van der Waals surface area contributed by atoms with Gasteiger partial charge in [-0.15, -0.1) is 0 Å². The SMILES string of the molecule is Nc1c(F)cc2c(c1[N+](=O)[O-])OC(C1CCOCC1)CC2=O. The number of benzene rings is 1. The molecule has 0 bridgehead atoms. The van der Waals surface area contributed by atoms with Crippen molar-refractivity contribution in [2.45, 2.75) is 25.4 Å². The molecule has 1 saturated heterocycles. The molecule has 0 spiro atoms. The van der Waals surface area contributed by atoms with Crippen LogP contribution in [0.4, 0.5) is 15.8 Å². The van der Waals surface area contributed by atoms with Crippen LogP contribution in [0.3, 0.4) is 0 Å². The monoisotopic (exact) mass is 310 g/mol. The van der Waals surface area contributed by atoms with Gasteiger partial charge in [0.1, 0.15) is 6.10 Å². The van der Waals surface area contributed by atoms with E-state index in [0.717, 1.165) is 18.9 Å². The smallest absolute Gasteiger partial charge is 0.337 e. The lowest BCUT2D eigenvalue weighted by molar-refractivity contribution is -0.385. The number of hydrogen-bond acceptors (Lipinski definition) is 6. The summed E-state index contributed by atoms with van der Waals surface area (Å²) in [6.07, 6.45) is 1.06. The van der Waals surface area contributed by atoms with Crippen LogP contribution in [0.25, 0.3) is 0 Å². The summed E-state index contributed by atoms with van der Waals surface area (Å²) in [6, 6.07) is 0.917. The number of nitrogens with two attached hydrogens (primary N) is 1. The first kappa shape index (κ1) is 14.7. The van der Waals surface area contributed by atoms with Gasteiger partial charge in [0.05, 0.1) is 10.5 Å². The molecule has 2 aliphatic heterocycles. The largest absolute Gasteiger partial charge is 0.482 e. The summed E-state index contributed by atoms with van der Waals surface area (Å²) < 4.78 is 24.7. The number of rotatable bonds is 2. The van der Waals surface area contributed by atoms with E-state index in [1.54, 1.807) is 0 Å². The number of hydrogen-bond donors (Lipinski definition) is 1. The summed E-state index contributed by atoms with van der Waals surface area (Å²) in [6.45, 7) is 1.14. The summed E-state index contributed by atoms with van der Waals surface area (Å²) in [5.74, 6) is -1.47. The van der Waals surface area contributed by atoms with E-state index >= 15 is 0 Å². The first-order chi connectivity index (χ1) is 10.5. The van der Waals surface area contributed by atoms with E-state index in [2.05, 4.69) is 0 Å². The predicted octanol–water partition coefficient (Wildman–Crippen LogP) is 2.08. The third-order valence-corrected chi connectivity index (χ3v) is 4.17. The molecule has 1 unspecified atom stereocenters. The topological polar surface area (TPSA) is 105 Å². The second-order valence-corrected chi connectivity index (χ2v) is 5.49. The molecule has 0 amide bonds. The number of fused-ring (bicyclic) bond motifs is 1. The number of carbonyl (C=O) groups is 1. The van der Waals surface area contributed by atoms with E-state index in [0.29, 0.717) is 13.2 Å². The fourth-order valence-electron chi connectivity index (χ4n) is 2.98. The van der Waals surface area contributed by atoms with Crippen LogP contribution in [0.5, 0.6) is 5.75 Å². The first-order valence-corrected chi connectivity index (χ1v) is 7.03. The molecule has 3 rings (SSSR count). The molecule has 2 heterocycles. The van der Waals surface area contributed by atoms with Gasteiger partial charge in [0.2, 0.25) is 5.75 Å². The highest BCUT2D eigenvalue weighted by molar-refractivity contribution is 6.02. The van der Waals surface area contributed by atoms with E-state index in [-0.39, 0.29) is 29.4 Å². The van der Waals surface area contributed by atoms with E-state index in [1.807, 2.05) is 0 Å². The molecule has 1 aromatic carbocycles. The molecule has 0 radical (unpaired) electrons. The van der Waals surface area contributed by atoms with Crippen LogP contribution in [0.15, 0.2) is 6.07 Å². The first-order valence-electron chi connectivity index (χ1n) is 7.03. The minimum atomic E-state index is -0.980. The Hall–Kier alpha value is -2.22. The van der Waals surface area contributed by atoms with Crippen molar-refractivity contribution in [1.82, 2.24) is 0 Å².